The van der Waals surface area contributed by atoms with Gasteiger partial charge in [-0.05, 0) is 44.7 Å². The number of aryl methyl sites for hydroxylation is 2. The van der Waals surface area contributed by atoms with Crippen molar-refractivity contribution in [2.75, 3.05) is 11.9 Å². The molecular weight excluding hydrogens is 390 g/mol. The standard InChI is InChI=1S/C21H25N3O4S/c1-6-15-16(23-20(25)13-8-9-29-11-13)10-14-18(28-12(3)4)17(21(26)27-7-2)24(5)19(14)22-15/h8-12H,6-7H2,1-5H3,(H,23,25). The summed E-state index contributed by atoms with van der Waals surface area (Å²) in [6.45, 7) is 7.77. The average molecular weight is 416 g/mol. The minimum Gasteiger partial charge on any atom is -0.488 e. The summed E-state index contributed by atoms with van der Waals surface area (Å²) < 4.78 is 12.9. The van der Waals surface area contributed by atoms with Crippen LogP contribution in [0.3, 0.4) is 0 Å². The maximum absolute atomic E-state index is 12.6. The summed E-state index contributed by atoms with van der Waals surface area (Å²) in [5.74, 6) is -0.252. The van der Waals surface area contributed by atoms with Crippen LogP contribution in [0.5, 0.6) is 5.75 Å². The Labute approximate surface area is 173 Å². The summed E-state index contributed by atoms with van der Waals surface area (Å²) in [5, 5.41) is 7.25. The van der Waals surface area contributed by atoms with Gasteiger partial charge >= 0.3 is 5.97 Å². The minimum absolute atomic E-state index is 0.150. The van der Waals surface area contributed by atoms with Crippen LogP contribution in [0.4, 0.5) is 5.69 Å². The van der Waals surface area contributed by atoms with Crippen LogP contribution in [0.25, 0.3) is 11.0 Å². The molecule has 0 aromatic carbocycles. The number of thiophene rings is 1. The number of rotatable bonds is 7. The van der Waals surface area contributed by atoms with Crippen molar-refractivity contribution in [2.45, 2.75) is 40.2 Å². The number of ether oxygens (including phenoxy) is 2. The molecule has 0 fully saturated rings. The average Bonchev–Trinajstić information content (AvgIpc) is 3.29. The lowest BCUT2D eigenvalue weighted by Gasteiger charge is -2.12. The summed E-state index contributed by atoms with van der Waals surface area (Å²) in [6, 6.07) is 3.60. The van der Waals surface area contributed by atoms with Crippen LogP contribution in [0.1, 0.15) is 54.2 Å². The second-order valence-electron chi connectivity index (χ2n) is 6.80. The highest BCUT2D eigenvalue weighted by Crippen LogP contribution is 2.36. The number of hydrogen-bond acceptors (Lipinski definition) is 6. The van der Waals surface area contributed by atoms with E-state index < -0.39 is 5.97 Å². The zero-order valence-electron chi connectivity index (χ0n) is 17.2. The first-order valence-corrected chi connectivity index (χ1v) is 10.5. The zero-order chi connectivity index (χ0) is 21.1. The maximum Gasteiger partial charge on any atom is 0.358 e. The number of hydrogen-bond donors (Lipinski definition) is 1. The van der Waals surface area contributed by atoms with Gasteiger partial charge in [-0.3, -0.25) is 4.79 Å². The first kappa shape index (κ1) is 20.9. The Kier molecular flexibility index (Phi) is 6.22. The molecule has 0 bridgehead atoms. The van der Waals surface area contributed by atoms with Crippen molar-refractivity contribution in [2.24, 2.45) is 7.05 Å². The normalized spacial score (nSPS) is 11.1. The number of nitrogens with zero attached hydrogens (tertiary/aromatic N) is 2. The van der Waals surface area contributed by atoms with Gasteiger partial charge in [0.15, 0.2) is 11.4 Å². The highest BCUT2D eigenvalue weighted by molar-refractivity contribution is 7.08. The molecule has 7 nitrogen and oxygen atoms in total. The highest BCUT2D eigenvalue weighted by atomic mass is 32.1. The Morgan fingerprint density at radius 3 is 2.66 bits per heavy atom. The number of carbonyl (C=O) groups excluding carboxylic acids is 2. The Bertz CT molecular complexity index is 1040. The predicted octanol–water partition coefficient (Wildman–Crippen LogP) is 4.41. The molecule has 0 atom stereocenters. The topological polar surface area (TPSA) is 82.4 Å². The number of fused-ring (bicyclic) bond motifs is 1. The van der Waals surface area contributed by atoms with Gasteiger partial charge in [0, 0.05) is 12.4 Å². The number of carbonyl (C=O) groups is 2. The van der Waals surface area contributed by atoms with E-state index in [1.54, 1.807) is 30.0 Å². The Morgan fingerprint density at radius 1 is 1.31 bits per heavy atom. The molecule has 0 spiro atoms. The third-order valence-corrected chi connectivity index (χ3v) is 5.07. The molecule has 3 heterocycles. The fraction of sp³-hybridized carbons (Fsp3) is 0.381. The van der Waals surface area contributed by atoms with Gasteiger partial charge in [-0.2, -0.15) is 11.3 Å². The van der Waals surface area contributed by atoms with Crippen molar-refractivity contribution in [1.82, 2.24) is 9.55 Å². The summed E-state index contributed by atoms with van der Waals surface area (Å²) in [5.41, 5.74) is 2.84. The summed E-state index contributed by atoms with van der Waals surface area (Å²) in [6.07, 6.45) is 0.471. The molecule has 0 aliphatic carbocycles. The second kappa shape index (κ2) is 8.65. The molecule has 3 rings (SSSR count). The molecule has 3 aromatic heterocycles. The van der Waals surface area contributed by atoms with E-state index in [0.717, 1.165) is 5.69 Å². The van der Waals surface area contributed by atoms with Crippen LogP contribution >= 0.6 is 11.3 Å². The molecule has 8 heteroatoms. The van der Waals surface area contributed by atoms with Gasteiger partial charge in [-0.25, -0.2) is 9.78 Å². The van der Waals surface area contributed by atoms with Crippen LogP contribution in [0, 0.1) is 0 Å². The summed E-state index contributed by atoms with van der Waals surface area (Å²) in [4.78, 5) is 29.9. The van der Waals surface area contributed by atoms with Gasteiger partial charge < -0.3 is 19.4 Å². The molecule has 154 valence electrons. The summed E-state index contributed by atoms with van der Waals surface area (Å²) in [7, 11) is 1.76. The van der Waals surface area contributed by atoms with Crippen LogP contribution in [-0.2, 0) is 18.2 Å². The molecule has 29 heavy (non-hydrogen) atoms. The van der Waals surface area contributed by atoms with Gasteiger partial charge in [0.25, 0.3) is 5.91 Å². The SMILES string of the molecule is CCOC(=O)c1c(OC(C)C)c2cc(NC(=O)c3ccsc3)c(CC)nc2n1C. The number of nitrogens with one attached hydrogen (secondary N) is 1. The van der Waals surface area contributed by atoms with Crippen molar-refractivity contribution in [3.8, 4) is 5.75 Å². The lowest BCUT2D eigenvalue weighted by atomic mass is 10.2. The van der Waals surface area contributed by atoms with Crippen molar-refractivity contribution in [3.63, 3.8) is 0 Å². The monoisotopic (exact) mass is 415 g/mol. The molecule has 0 aliphatic heterocycles. The minimum atomic E-state index is -0.467. The van der Waals surface area contributed by atoms with Gasteiger partial charge in [0.05, 0.1) is 35.0 Å². The molecule has 0 aliphatic rings. The van der Waals surface area contributed by atoms with E-state index in [1.165, 1.54) is 11.3 Å². The quantitative estimate of drug-likeness (QED) is 0.578. The van der Waals surface area contributed by atoms with E-state index in [2.05, 4.69) is 5.32 Å². The number of pyridine rings is 1. The van der Waals surface area contributed by atoms with Gasteiger partial charge in [-0.15, -0.1) is 0 Å². The van der Waals surface area contributed by atoms with Crippen molar-refractivity contribution < 1.29 is 19.1 Å². The van der Waals surface area contributed by atoms with Crippen LogP contribution in [0.15, 0.2) is 22.9 Å². The third kappa shape index (κ3) is 4.12. The molecule has 0 saturated carbocycles. The summed E-state index contributed by atoms with van der Waals surface area (Å²) >= 11 is 1.46. The second-order valence-corrected chi connectivity index (χ2v) is 7.58. The van der Waals surface area contributed by atoms with Crippen LogP contribution < -0.4 is 10.1 Å². The lowest BCUT2D eigenvalue weighted by molar-refractivity contribution is 0.0509. The van der Waals surface area contributed by atoms with Crippen molar-refractivity contribution in [1.29, 1.82) is 0 Å². The van der Waals surface area contributed by atoms with Gasteiger partial charge in [0.2, 0.25) is 0 Å². The largest absolute Gasteiger partial charge is 0.488 e. The molecule has 0 unspecified atom stereocenters. The van der Waals surface area contributed by atoms with Gasteiger partial charge in [-0.1, -0.05) is 6.92 Å². The highest BCUT2D eigenvalue weighted by Gasteiger charge is 2.26. The molecule has 0 saturated heterocycles. The molecular formula is C21H25N3O4S. The Hall–Kier alpha value is -2.87. The van der Waals surface area contributed by atoms with Gasteiger partial charge in [0.1, 0.15) is 5.65 Å². The van der Waals surface area contributed by atoms with Crippen molar-refractivity contribution in [3.05, 3.63) is 39.8 Å². The third-order valence-electron chi connectivity index (χ3n) is 4.38. The van der Waals surface area contributed by atoms with Crippen LogP contribution in [0.2, 0.25) is 0 Å². The fourth-order valence-corrected chi connectivity index (χ4v) is 3.73. The Morgan fingerprint density at radius 2 is 2.07 bits per heavy atom. The molecule has 1 N–H and O–H groups in total. The molecule has 3 aromatic rings. The fourth-order valence-electron chi connectivity index (χ4n) is 3.10. The Balaban J connectivity index is 2.16. The van der Waals surface area contributed by atoms with E-state index in [4.69, 9.17) is 14.5 Å². The van der Waals surface area contributed by atoms with E-state index in [0.29, 0.717) is 40.1 Å². The number of amides is 1. The smallest absolute Gasteiger partial charge is 0.358 e. The van der Waals surface area contributed by atoms with Crippen LogP contribution in [-0.4, -0.2) is 34.1 Å². The maximum atomic E-state index is 12.6. The van der Waals surface area contributed by atoms with E-state index in [-0.39, 0.29) is 18.6 Å². The zero-order valence-corrected chi connectivity index (χ0v) is 18.1. The first-order chi connectivity index (χ1) is 13.9. The number of esters is 1. The number of anilines is 1. The number of aromatic nitrogens is 2. The molecule has 1 amide bonds. The van der Waals surface area contributed by atoms with E-state index in [1.807, 2.05) is 32.2 Å². The van der Waals surface area contributed by atoms with E-state index >= 15 is 0 Å². The molecule has 0 radical (unpaired) electrons. The predicted molar refractivity (Wildman–Crippen MR) is 114 cm³/mol. The van der Waals surface area contributed by atoms with Crippen molar-refractivity contribution >= 4 is 39.9 Å². The first-order valence-electron chi connectivity index (χ1n) is 9.56. The van der Waals surface area contributed by atoms with E-state index in [9.17, 15) is 9.59 Å². The lowest BCUT2D eigenvalue weighted by Crippen LogP contribution is -2.14.